The van der Waals surface area contributed by atoms with Gasteiger partial charge in [0, 0.05) is 6.07 Å². The van der Waals surface area contributed by atoms with E-state index in [1.165, 1.54) is 0 Å². The van der Waals surface area contributed by atoms with Gasteiger partial charge in [-0.1, -0.05) is 0 Å². The fourth-order valence-electron chi connectivity index (χ4n) is 1.51. The number of H-pyrrole nitrogens is 1. The summed E-state index contributed by atoms with van der Waals surface area (Å²) in [5.41, 5.74) is -4.34. The van der Waals surface area contributed by atoms with Gasteiger partial charge in [0.25, 0.3) is 11.0 Å². The lowest BCUT2D eigenvalue weighted by molar-refractivity contribution is 0.479. The van der Waals surface area contributed by atoms with Crippen molar-refractivity contribution in [2.45, 2.75) is 0 Å². The molecule has 2 N–H and O–H groups in total. The molecule has 0 radical (unpaired) electrons. The average molecular weight is 254 g/mol. The van der Waals surface area contributed by atoms with Crippen LogP contribution in [0.4, 0.5) is 14.5 Å². The minimum absolute atomic E-state index is 0.430. The Morgan fingerprint density at radius 3 is 2.50 bits per heavy atom. The number of benzene rings is 1. The minimum atomic E-state index is -1.43. The molecule has 1 aromatic carbocycles. The molecule has 0 saturated carbocycles. The Kier molecular flexibility index (Phi) is 2.62. The lowest BCUT2D eigenvalue weighted by atomic mass is 10.2. The maximum atomic E-state index is 13.5. The van der Waals surface area contributed by atoms with E-state index in [4.69, 9.17) is 0 Å². The summed E-state index contributed by atoms with van der Waals surface area (Å²) in [6.07, 6.45) is 0. The van der Waals surface area contributed by atoms with Crippen LogP contribution in [0.2, 0.25) is 0 Å². The molecule has 92 valence electrons. The van der Waals surface area contributed by atoms with Crippen LogP contribution < -0.4 is 11.0 Å². The van der Waals surface area contributed by atoms with Gasteiger partial charge in [0.15, 0.2) is 5.75 Å². The van der Waals surface area contributed by atoms with E-state index >= 15 is 0 Å². The van der Waals surface area contributed by atoms with Crippen LogP contribution in [-0.4, -0.2) is 10.1 Å². The van der Waals surface area contributed by atoms with E-state index < -0.39 is 45.0 Å². The molecule has 0 saturated heterocycles. The molecule has 2 aromatic rings. The van der Waals surface area contributed by atoms with Gasteiger partial charge < -0.3 is 10.1 Å². The molecule has 0 atom stereocenters. The van der Waals surface area contributed by atoms with Gasteiger partial charge in [0.05, 0.1) is 10.9 Å². The number of aromatic hydroxyl groups is 1. The number of fused-ring (bicyclic) bond motifs is 1. The van der Waals surface area contributed by atoms with E-state index in [2.05, 4.69) is 5.18 Å². The van der Waals surface area contributed by atoms with E-state index in [0.29, 0.717) is 12.1 Å². The van der Waals surface area contributed by atoms with Crippen LogP contribution in [0.1, 0.15) is 0 Å². The normalized spacial score (nSPS) is 10.6. The Morgan fingerprint density at radius 1 is 1.22 bits per heavy atom. The molecule has 2 rings (SSSR count). The van der Waals surface area contributed by atoms with Crippen LogP contribution in [0.25, 0.3) is 10.9 Å². The SMILES string of the molecule is O=Nc1c(O)c2c(F)cc(F)cc2[nH]c(=O)c1=O. The maximum Gasteiger partial charge on any atom is 0.298 e. The molecule has 0 bridgehead atoms. The Balaban J connectivity index is 3.24. The molecule has 0 aliphatic rings. The molecule has 0 unspecified atom stereocenters. The molecule has 0 aliphatic heterocycles. The quantitative estimate of drug-likeness (QED) is 0.591. The first-order valence-corrected chi connectivity index (χ1v) is 4.57. The molecular weight excluding hydrogens is 250 g/mol. The molecule has 0 aliphatic carbocycles. The second kappa shape index (κ2) is 3.99. The van der Waals surface area contributed by atoms with Crippen LogP contribution in [0, 0.1) is 16.5 Å². The lowest BCUT2D eigenvalue weighted by Crippen LogP contribution is -2.22. The zero-order chi connectivity index (χ0) is 13.4. The molecule has 0 fully saturated rings. The number of nitroso groups, excluding NO2 is 1. The maximum absolute atomic E-state index is 13.5. The van der Waals surface area contributed by atoms with Crippen LogP contribution in [0.5, 0.6) is 5.75 Å². The Labute approximate surface area is 96.5 Å². The summed E-state index contributed by atoms with van der Waals surface area (Å²) in [6.45, 7) is 0. The predicted octanol–water partition coefficient (Wildman–Crippen LogP) is 1.27. The van der Waals surface area contributed by atoms with Crippen LogP contribution in [-0.2, 0) is 0 Å². The summed E-state index contributed by atoms with van der Waals surface area (Å²) in [7, 11) is 0. The zero-order valence-corrected chi connectivity index (χ0v) is 8.53. The fourth-order valence-corrected chi connectivity index (χ4v) is 1.51. The van der Waals surface area contributed by atoms with Crippen LogP contribution in [0.3, 0.4) is 0 Å². The Bertz CT molecular complexity index is 785. The highest BCUT2D eigenvalue weighted by atomic mass is 19.1. The van der Waals surface area contributed by atoms with Gasteiger partial charge in [-0.05, 0) is 11.2 Å². The molecular formula is C10H4F2N2O4. The van der Waals surface area contributed by atoms with E-state index in [0.717, 1.165) is 0 Å². The highest BCUT2D eigenvalue weighted by Gasteiger charge is 2.16. The van der Waals surface area contributed by atoms with Gasteiger partial charge in [-0.25, -0.2) is 8.78 Å². The number of nitrogens with zero attached hydrogens (tertiary/aromatic N) is 1. The summed E-state index contributed by atoms with van der Waals surface area (Å²) < 4.78 is 26.4. The average Bonchev–Trinajstić information content (AvgIpc) is 2.35. The largest absolute Gasteiger partial charge is 0.505 e. The van der Waals surface area contributed by atoms with Crippen molar-refractivity contribution in [1.29, 1.82) is 0 Å². The monoisotopic (exact) mass is 254 g/mol. The number of rotatable bonds is 1. The van der Waals surface area contributed by atoms with Crippen molar-refractivity contribution in [3.63, 3.8) is 0 Å². The molecule has 1 aromatic heterocycles. The predicted molar refractivity (Wildman–Crippen MR) is 57.9 cm³/mol. The first-order chi connectivity index (χ1) is 8.45. The van der Waals surface area contributed by atoms with E-state index in [-0.39, 0.29) is 0 Å². The highest BCUT2D eigenvalue weighted by Crippen LogP contribution is 2.30. The summed E-state index contributed by atoms with van der Waals surface area (Å²) in [5.74, 6) is -3.37. The summed E-state index contributed by atoms with van der Waals surface area (Å²) in [4.78, 5) is 34.9. The third-order valence-corrected chi connectivity index (χ3v) is 2.28. The second-order valence-electron chi connectivity index (χ2n) is 3.38. The number of halogens is 2. The van der Waals surface area contributed by atoms with Crippen molar-refractivity contribution in [3.8, 4) is 5.75 Å². The van der Waals surface area contributed by atoms with Crippen molar-refractivity contribution < 1.29 is 13.9 Å². The lowest BCUT2D eigenvalue weighted by Gasteiger charge is -1.98. The minimum Gasteiger partial charge on any atom is -0.505 e. The van der Waals surface area contributed by atoms with Gasteiger partial charge in [-0.15, -0.1) is 4.91 Å². The van der Waals surface area contributed by atoms with E-state index in [1.807, 2.05) is 4.98 Å². The third kappa shape index (κ3) is 1.63. The molecule has 0 amide bonds. The summed E-state index contributed by atoms with van der Waals surface area (Å²) >= 11 is 0. The Morgan fingerprint density at radius 2 is 1.89 bits per heavy atom. The topological polar surface area (TPSA) is 99.6 Å². The zero-order valence-electron chi connectivity index (χ0n) is 8.53. The van der Waals surface area contributed by atoms with Gasteiger partial charge in [-0.3, -0.25) is 9.59 Å². The number of nitrogens with one attached hydrogen (secondary N) is 1. The van der Waals surface area contributed by atoms with Crippen molar-refractivity contribution in [2.24, 2.45) is 5.18 Å². The first kappa shape index (κ1) is 11.8. The van der Waals surface area contributed by atoms with Crippen molar-refractivity contribution in [2.75, 3.05) is 0 Å². The van der Waals surface area contributed by atoms with Crippen LogP contribution >= 0.6 is 0 Å². The smallest absolute Gasteiger partial charge is 0.298 e. The molecule has 18 heavy (non-hydrogen) atoms. The van der Waals surface area contributed by atoms with Crippen molar-refractivity contribution in [3.05, 3.63) is 49.3 Å². The molecule has 8 heteroatoms. The third-order valence-electron chi connectivity index (χ3n) is 2.28. The molecule has 6 nitrogen and oxygen atoms in total. The van der Waals surface area contributed by atoms with E-state index in [1.54, 1.807) is 0 Å². The number of aromatic amines is 1. The van der Waals surface area contributed by atoms with Gasteiger partial charge in [0.2, 0.25) is 5.69 Å². The highest BCUT2D eigenvalue weighted by molar-refractivity contribution is 5.88. The van der Waals surface area contributed by atoms with Gasteiger partial charge >= 0.3 is 0 Å². The fraction of sp³-hybridized carbons (Fsp3) is 0. The first-order valence-electron chi connectivity index (χ1n) is 4.57. The van der Waals surface area contributed by atoms with Gasteiger partial charge in [0.1, 0.15) is 11.6 Å². The number of aromatic nitrogens is 1. The summed E-state index contributed by atoms with van der Waals surface area (Å²) in [5, 5.41) is 11.1. The van der Waals surface area contributed by atoms with Gasteiger partial charge in [-0.2, -0.15) is 0 Å². The van der Waals surface area contributed by atoms with Crippen molar-refractivity contribution in [1.82, 2.24) is 4.98 Å². The second-order valence-corrected chi connectivity index (χ2v) is 3.38. The summed E-state index contributed by atoms with van der Waals surface area (Å²) in [6, 6.07) is 1.13. The Hall–Kier alpha value is -2.64. The van der Waals surface area contributed by atoms with Crippen LogP contribution in [0.15, 0.2) is 26.9 Å². The van der Waals surface area contributed by atoms with Crippen molar-refractivity contribution >= 4 is 16.6 Å². The molecule has 0 spiro atoms. The molecule has 1 heterocycles. The number of hydrogen-bond acceptors (Lipinski definition) is 5. The van der Waals surface area contributed by atoms with E-state index in [9.17, 15) is 28.4 Å². The number of hydrogen-bond donors (Lipinski definition) is 2. The standard InChI is InChI=1S/C10H4F2N2O4/c11-3-1-4(12)6-5(2-3)13-10(17)9(16)7(14-18)8(6)15/h1-2,15H,(H,13,16,17).